The highest BCUT2D eigenvalue weighted by Crippen LogP contribution is 2.19. The number of aliphatic hydroxyl groups is 1. The third-order valence-electron chi connectivity index (χ3n) is 3.13. The molecule has 0 atom stereocenters. The van der Waals surface area contributed by atoms with Crippen molar-refractivity contribution in [2.45, 2.75) is 45.5 Å². The van der Waals surface area contributed by atoms with Crippen molar-refractivity contribution < 1.29 is 5.11 Å². The zero-order valence-electron chi connectivity index (χ0n) is 10.4. The fourth-order valence-electron chi connectivity index (χ4n) is 2.07. The van der Waals surface area contributed by atoms with Crippen LogP contribution in [0, 0.1) is 0 Å². The van der Waals surface area contributed by atoms with Gasteiger partial charge in [-0.15, -0.1) is 0 Å². The Hall–Kier alpha value is -0.123. The van der Waals surface area contributed by atoms with Crippen molar-refractivity contribution in [2.75, 3.05) is 0 Å². The van der Waals surface area contributed by atoms with E-state index in [4.69, 9.17) is 0 Å². The van der Waals surface area contributed by atoms with E-state index in [0.29, 0.717) is 0 Å². The van der Waals surface area contributed by atoms with Crippen molar-refractivity contribution in [1.29, 1.82) is 0 Å². The molecule has 0 unspecified atom stereocenters. The van der Waals surface area contributed by atoms with E-state index >= 15 is 0 Å². The second-order valence-corrected chi connectivity index (χ2v) is 10.7. The Kier molecular flexibility index (Phi) is 5.22. The van der Waals surface area contributed by atoms with Gasteiger partial charge in [0, 0.05) is 4.47 Å². The zero-order chi connectivity index (χ0) is 12.2. The van der Waals surface area contributed by atoms with Gasteiger partial charge in [-0.1, -0.05) is 66.1 Å². The molecule has 1 rings (SSSR count). The van der Waals surface area contributed by atoms with E-state index in [2.05, 4.69) is 42.0 Å². The van der Waals surface area contributed by atoms with Gasteiger partial charge in [0.2, 0.25) is 0 Å². The Morgan fingerprint density at radius 3 is 2.56 bits per heavy atom. The van der Waals surface area contributed by atoms with Gasteiger partial charge >= 0.3 is 0 Å². The van der Waals surface area contributed by atoms with Gasteiger partial charge in [-0.25, -0.2) is 0 Å². The lowest BCUT2D eigenvalue weighted by atomic mass is 10.2. The Bertz CT molecular complexity index is 350. The van der Waals surface area contributed by atoms with E-state index in [1.807, 2.05) is 12.1 Å². The third-order valence-corrected chi connectivity index (χ3v) is 7.15. The Labute approximate surface area is 108 Å². The van der Waals surface area contributed by atoms with Crippen LogP contribution in [0.4, 0.5) is 0 Å². The summed E-state index contributed by atoms with van der Waals surface area (Å²) in [6.45, 7) is 7.18. The Morgan fingerprint density at radius 2 is 2.00 bits per heavy atom. The first-order valence-corrected chi connectivity index (χ1v) is 9.91. The van der Waals surface area contributed by atoms with Crippen LogP contribution in [0.2, 0.25) is 19.1 Å². The molecule has 0 aliphatic rings. The highest BCUT2D eigenvalue weighted by Gasteiger charge is 2.25. The van der Waals surface area contributed by atoms with Gasteiger partial charge < -0.3 is 5.11 Å². The number of hydrogen-bond acceptors (Lipinski definition) is 1. The molecule has 0 amide bonds. The number of halogens is 1. The topological polar surface area (TPSA) is 20.2 Å². The molecule has 0 saturated heterocycles. The van der Waals surface area contributed by atoms with Crippen molar-refractivity contribution in [3.63, 3.8) is 0 Å². The van der Waals surface area contributed by atoms with Crippen LogP contribution in [0.3, 0.4) is 0 Å². The van der Waals surface area contributed by atoms with E-state index < -0.39 is 8.07 Å². The van der Waals surface area contributed by atoms with Crippen LogP contribution >= 0.6 is 15.9 Å². The molecule has 16 heavy (non-hydrogen) atoms. The van der Waals surface area contributed by atoms with Gasteiger partial charge in [0.1, 0.15) is 0 Å². The molecule has 0 aromatic heterocycles. The zero-order valence-corrected chi connectivity index (χ0v) is 13.0. The minimum absolute atomic E-state index is 0.158. The highest BCUT2D eigenvalue weighted by atomic mass is 79.9. The number of benzene rings is 1. The van der Waals surface area contributed by atoms with Crippen molar-refractivity contribution in [2.24, 2.45) is 0 Å². The van der Waals surface area contributed by atoms with Gasteiger partial charge in [-0.05, 0) is 17.7 Å². The molecule has 1 aromatic rings. The number of hydrogen-bond donors (Lipinski definition) is 1. The van der Waals surface area contributed by atoms with Crippen molar-refractivity contribution >= 4 is 29.2 Å². The van der Waals surface area contributed by atoms with Crippen LogP contribution in [-0.4, -0.2) is 13.2 Å². The molecular weight excluding hydrogens is 280 g/mol. The minimum Gasteiger partial charge on any atom is -0.392 e. The summed E-state index contributed by atoms with van der Waals surface area (Å²) in [5.41, 5.74) is 1.11. The first-order valence-electron chi connectivity index (χ1n) is 5.91. The van der Waals surface area contributed by atoms with Gasteiger partial charge in [0.15, 0.2) is 0 Å². The molecule has 0 aliphatic heterocycles. The average Bonchev–Trinajstić information content (AvgIpc) is 2.26. The minimum atomic E-state index is -1.39. The smallest absolute Gasteiger partial charge is 0.0811 e. The molecule has 0 bridgehead atoms. The molecule has 3 heteroatoms. The number of rotatable bonds is 5. The van der Waals surface area contributed by atoms with Crippen LogP contribution in [0.1, 0.15) is 25.3 Å². The van der Waals surface area contributed by atoms with Crippen LogP contribution in [-0.2, 0) is 6.61 Å². The van der Waals surface area contributed by atoms with Gasteiger partial charge in [0.25, 0.3) is 0 Å². The largest absolute Gasteiger partial charge is 0.392 e. The molecule has 0 fully saturated rings. The second kappa shape index (κ2) is 5.99. The lowest BCUT2D eigenvalue weighted by Crippen LogP contribution is -2.43. The third kappa shape index (κ3) is 3.44. The van der Waals surface area contributed by atoms with E-state index in [0.717, 1.165) is 10.0 Å². The fourth-order valence-corrected chi connectivity index (χ4v) is 5.73. The van der Waals surface area contributed by atoms with Crippen LogP contribution < -0.4 is 5.19 Å². The van der Waals surface area contributed by atoms with Gasteiger partial charge in [-0.2, -0.15) is 0 Å². The quantitative estimate of drug-likeness (QED) is 0.823. The predicted molar refractivity (Wildman–Crippen MR) is 76.9 cm³/mol. The van der Waals surface area contributed by atoms with Gasteiger partial charge in [-0.3, -0.25) is 0 Å². The van der Waals surface area contributed by atoms with Crippen molar-refractivity contribution in [1.82, 2.24) is 0 Å². The summed E-state index contributed by atoms with van der Waals surface area (Å²) >= 11 is 3.53. The Balaban J connectivity index is 3.04. The van der Waals surface area contributed by atoms with Crippen LogP contribution in [0.25, 0.3) is 0 Å². The molecule has 1 nitrogen and oxygen atoms in total. The average molecular weight is 301 g/mol. The molecule has 0 aliphatic carbocycles. The predicted octanol–water partition coefficient (Wildman–Crippen LogP) is 3.66. The molecule has 0 radical (unpaired) electrons. The number of aliphatic hydroxyl groups excluding tert-OH is 1. The van der Waals surface area contributed by atoms with E-state index in [9.17, 15) is 5.11 Å². The molecule has 0 spiro atoms. The summed E-state index contributed by atoms with van der Waals surface area (Å²) in [5, 5.41) is 10.8. The summed E-state index contributed by atoms with van der Waals surface area (Å²) in [6.07, 6.45) is 2.54. The summed E-state index contributed by atoms with van der Waals surface area (Å²) in [5.74, 6) is 0. The maximum Gasteiger partial charge on any atom is 0.0811 e. The molecule has 0 heterocycles. The lowest BCUT2D eigenvalue weighted by molar-refractivity contribution is 0.283. The number of unbranched alkanes of at least 4 members (excludes halogenated alkanes) is 1. The standard InChI is InChI=1S/C13H21BrOSi/c1-4-5-8-16(2,3)13-9-12(14)7-6-11(13)10-15/h6-7,9,15H,4-5,8,10H2,1-3H3. The van der Waals surface area contributed by atoms with Crippen molar-refractivity contribution in [3.8, 4) is 0 Å². The monoisotopic (exact) mass is 300 g/mol. The summed E-state index contributed by atoms with van der Waals surface area (Å²) in [7, 11) is -1.39. The second-order valence-electron chi connectivity index (χ2n) is 4.95. The van der Waals surface area contributed by atoms with Gasteiger partial charge in [0.05, 0.1) is 14.7 Å². The van der Waals surface area contributed by atoms with E-state index in [1.54, 1.807) is 0 Å². The maximum atomic E-state index is 9.40. The summed E-state index contributed by atoms with van der Waals surface area (Å²) in [6, 6.07) is 7.56. The van der Waals surface area contributed by atoms with E-state index in [1.165, 1.54) is 24.1 Å². The summed E-state index contributed by atoms with van der Waals surface area (Å²) < 4.78 is 1.12. The molecule has 90 valence electrons. The Morgan fingerprint density at radius 1 is 1.31 bits per heavy atom. The fraction of sp³-hybridized carbons (Fsp3) is 0.538. The molecule has 0 saturated carbocycles. The van der Waals surface area contributed by atoms with Crippen molar-refractivity contribution in [3.05, 3.63) is 28.2 Å². The maximum absolute atomic E-state index is 9.40. The molecule has 1 aromatic carbocycles. The normalized spacial score (nSPS) is 11.8. The summed E-state index contributed by atoms with van der Waals surface area (Å²) in [4.78, 5) is 0. The first-order chi connectivity index (χ1) is 7.51. The van der Waals surface area contributed by atoms with E-state index in [-0.39, 0.29) is 6.61 Å². The lowest BCUT2D eigenvalue weighted by Gasteiger charge is -2.25. The molecule has 1 N–H and O–H groups in total. The van der Waals surface area contributed by atoms with Crippen LogP contribution in [0.15, 0.2) is 22.7 Å². The molecular formula is C13H21BrOSi. The SMILES string of the molecule is CCCC[Si](C)(C)c1cc(Br)ccc1CO. The van der Waals surface area contributed by atoms with Crippen LogP contribution in [0.5, 0.6) is 0 Å². The highest BCUT2D eigenvalue weighted by molar-refractivity contribution is 9.10. The first kappa shape index (κ1) is 13.9.